The normalized spacial score (nSPS) is 10.8. The van der Waals surface area contributed by atoms with Crippen LogP contribution in [-0.4, -0.2) is 32.7 Å². The number of aliphatic imine (C=N–C) groups is 1. The van der Waals surface area contributed by atoms with Crippen LogP contribution in [-0.2, 0) is 0 Å². The first-order valence-electron chi connectivity index (χ1n) is 6.52. The molecule has 0 radical (unpaired) electrons. The number of benzene rings is 2. The Morgan fingerprint density at radius 1 is 0.957 bits per heavy atom. The van der Waals surface area contributed by atoms with Crippen molar-refractivity contribution in [2.24, 2.45) is 4.99 Å². The third-order valence-corrected chi connectivity index (χ3v) is 4.50. The highest BCUT2D eigenvalue weighted by atomic mass is 127. The van der Waals surface area contributed by atoms with Gasteiger partial charge in [-0.1, -0.05) is 0 Å². The molecule has 0 aliphatic heterocycles. The van der Waals surface area contributed by atoms with E-state index in [-0.39, 0.29) is 5.75 Å². The predicted molar refractivity (Wildman–Crippen MR) is 107 cm³/mol. The van der Waals surface area contributed by atoms with Crippen molar-refractivity contribution in [3.05, 3.63) is 37.0 Å². The summed E-state index contributed by atoms with van der Waals surface area (Å²) in [5.74, 6) is 1.78. The molecule has 0 saturated carbocycles. The minimum atomic E-state index is 0.210. The minimum absolute atomic E-state index is 0.210. The van der Waals surface area contributed by atoms with Crippen LogP contribution in [0.1, 0.15) is 5.56 Å². The first-order valence-corrected chi connectivity index (χ1v) is 8.68. The summed E-state index contributed by atoms with van der Waals surface area (Å²) in [7, 11) is 4.66. The molecule has 0 fully saturated rings. The van der Waals surface area contributed by atoms with Crippen molar-refractivity contribution in [1.82, 2.24) is 0 Å². The van der Waals surface area contributed by atoms with Gasteiger partial charge >= 0.3 is 0 Å². The van der Waals surface area contributed by atoms with Gasteiger partial charge in [-0.3, -0.25) is 4.99 Å². The van der Waals surface area contributed by atoms with Crippen LogP contribution >= 0.6 is 45.2 Å². The second-order valence-corrected chi connectivity index (χ2v) is 6.88. The van der Waals surface area contributed by atoms with E-state index in [2.05, 4.69) is 50.2 Å². The van der Waals surface area contributed by atoms with Crippen molar-refractivity contribution in [2.75, 3.05) is 21.3 Å². The molecule has 122 valence electrons. The Bertz CT molecular complexity index is 722. The van der Waals surface area contributed by atoms with Crippen LogP contribution in [0.25, 0.3) is 0 Å². The number of aromatic hydroxyl groups is 1. The van der Waals surface area contributed by atoms with Crippen LogP contribution in [0.15, 0.2) is 29.3 Å². The number of halogens is 2. The van der Waals surface area contributed by atoms with Gasteiger partial charge in [-0.2, -0.15) is 0 Å². The van der Waals surface area contributed by atoms with Gasteiger partial charge in [0.1, 0.15) is 5.75 Å². The fourth-order valence-electron chi connectivity index (χ4n) is 1.97. The first kappa shape index (κ1) is 18.1. The molecule has 0 spiro atoms. The maximum atomic E-state index is 10.1. The van der Waals surface area contributed by atoms with E-state index in [1.807, 2.05) is 12.1 Å². The van der Waals surface area contributed by atoms with Crippen LogP contribution in [0.3, 0.4) is 0 Å². The maximum absolute atomic E-state index is 10.1. The molecule has 0 aromatic heterocycles. The molecule has 0 saturated heterocycles. The standard InChI is InChI=1S/C16H15I2NO4/c1-21-13-6-11(7-14(22-2)16(13)23-3)19-8-9-4-10(17)5-12(18)15(9)20/h4-8,20H,1-3H3. The van der Waals surface area contributed by atoms with Crippen LogP contribution in [0.2, 0.25) is 0 Å². The predicted octanol–water partition coefficient (Wildman–Crippen LogP) is 4.38. The van der Waals surface area contributed by atoms with Crippen LogP contribution in [0.4, 0.5) is 5.69 Å². The van der Waals surface area contributed by atoms with Crippen LogP contribution in [0.5, 0.6) is 23.0 Å². The smallest absolute Gasteiger partial charge is 0.203 e. The summed E-state index contributed by atoms with van der Waals surface area (Å²) >= 11 is 4.29. The summed E-state index contributed by atoms with van der Waals surface area (Å²) in [4.78, 5) is 4.40. The van der Waals surface area contributed by atoms with Gasteiger partial charge in [0, 0.05) is 27.5 Å². The van der Waals surface area contributed by atoms with E-state index in [4.69, 9.17) is 14.2 Å². The molecule has 0 atom stereocenters. The van der Waals surface area contributed by atoms with Crippen molar-refractivity contribution >= 4 is 57.1 Å². The molecule has 2 rings (SSSR count). The van der Waals surface area contributed by atoms with E-state index in [1.165, 1.54) is 0 Å². The van der Waals surface area contributed by atoms with E-state index < -0.39 is 0 Å². The maximum Gasteiger partial charge on any atom is 0.203 e. The zero-order valence-electron chi connectivity index (χ0n) is 12.8. The molecule has 7 heteroatoms. The van der Waals surface area contributed by atoms with Gasteiger partial charge in [0.25, 0.3) is 0 Å². The lowest BCUT2D eigenvalue weighted by Gasteiger charge is -2.12. The van der Waals surface area contributed by atoms with Gasteiger partial charge in [-0.15, -0.1) is 0 Å². The minimum Gasteiger partial charge on any atom is -0.506 e. The molecule has 0 aliphatic carbocycles. The lowest BCUT2D eigenvalue weighted by Crippen LogP contribution is -1.94. The second-order valence-electron chi connectivity index (χ2n) is 4.47. The van der Waals surface area contributed by atoms with Crippen molar-refractivity contribution in [2.45, 2.75) is 0 Å². The number of phenols is 1. The molecule has 5 nitrogen and oxygen atoms in total. The molecule has 2 aromatic carbocycles. The summed E-state index contributed by atoms with van der Waals surface area (Å²) in [6.45, 7) is 0. The van der Waals surface area contributed by atoms with E-state index in [0.29, 0.717) is 28.5 Å². The number of rotatable bonds is 5. The number of ether oxygens (including phenoxy) is 3. The highest BCUT2D eigenvalue weighted by Gasteiger charge is 2.13. The third-order valence-electron chi connectivity index (χ3n) is 3.06. The molecule has 23 heavy (non-hydrogen) atoms. The lowest BCUT2D eigenvalue weighted by atomic mass is 10.2. The largest absolute Gasteiger partial charge is 0.506 e. The average Bonchev–Trinajstić information content (AvgIpc) is 2.55. The van der Waals surface area contributed by atoms with Crippen LogP contribution < -0.4 is 14.2 Å². The Kier molecular flexibility index (Phi) is 6.33. The molecule has 2 aromatic rings. The van der Waals surface area contributed by atoms with Gasteiger partial charge in [-0.25, -0.2) is 0 Å². The van der Waals surface area contributed by atoms with Gasteiger partial charge in [-0.05, 0) is 57.3 Å². The molecule has 0 amide bonds. The Morgan fingerprint density at radius 2 is 1.57 bits per heavy atom. The van der Waals surface area contributed by atoms with Crippen molar-refractivity contribution in [1.29, 1.82) is 0 Å². The molecule has 0 bridgehead atoms. The van der Waals surface area contributed by atoms with Gasteiger partial charge in [0.05, 0.1) is 30.6 Å². The summed E-state index contributed by atoms with van der Waals surface area (Å²) in [6, 6.07) is 7.24. The SMILES string of the molecule is COc1cc(N=Cc2cc(I)cc(I)c2O)cc(OC)c1OC. The third kappa shape index (κ3) is 4.19. The molecular formula is C16H15I2NO4. The molecule has 0 aliphatic rings. The highest BCUT2D eigenvalue weighted by Crippen LogP contribution is 2.40. The zero-order chi connectivity index (χ0) is 17.0. The van der Waals surface area contributed by atoms with Crippen molar-refractivity contribution in [3.8, 4) is 23.0 Å². The summed E-state index contributed by atoms with van der Waals surface area (Å²) in [5, 5.41) is 10.1. The number of hydrogen-bond acceptors (Lipinski definition) is 5. The van der Waals surface area contributed by atoms with Gasteiger partial charge in [0.2, 0.25) is 5.75 Å². The number of nitrogens with zero attached hydrogens (tertiary/aromatic N) is 1. The first-order chi connectivity index (χ1) is 11.0. The molecular weight excluding hydrogens is 524 g/mol. The van der Waals surface area contributed by atoms with E-state index >= 15 is 0 Å². The fraction of sp³-hybridized carbons (Fsp3) is 0.188. The van der Waals surface area contributed by atoms with E-state index in [0.717, 1.165) is 7.14 Å². The highest BCUT2D eigenvalue weighted by molar-refractivity contribution is 14.1. The quantitative estimate of drug-likeness (QED) is 0.453. The summed E-state index contributed by atoms with van der Waals surface area (Å²) in [6.07, 6.45) is 1.61. The van der Waals surface area contributed by atoms with Gasteiger partial charge in [0.15, 0.2) is 11.5 Å². The molecule has 0 heterocycles. The molecule has 0 unspecified atom stereocenters. The zero-order valence-corrected chi connectivity index (χ0v) is 17.1. The topological polar surface area (TPSA) is 60.3 Å². The van der Waals surface area contributed by atoms with Gasteiger partial charge < -0.3 is 19.3 Å². The Balaban J connectivity index is 2.44. The van der Waals surface area contributed by atoms with E-state index in [9.17, 15) is 5.11 Å². The molecule has 1 N–H and O–H groups in total. The Labute approximate surface area is 162 Å². The Morgan fingerprint density at radius 3 is 2.09 bits per heavy atom. The van der Waals surface area contributed by atoms with Crippen molar-refractivity contribution in [3.63, 3.8) is 0 Å². The van der Waals surface area contributed by atoms with E-state index in [1.54, 1.807) is 39.7 Å². The summed E-state index contributed by atoms with van der Waals surface area (Å²) < 4.78 is 17.7. The number of methoxy groups -OCH3 is 3. The lowest BCUT2D eigenvalue weighted by molar-refractivity contribution is 0.324. The van der Waals surface area contributed by atoms with Crippen molar-refractivity contribution < 1.29 is 19.3 Å². The number of phenolic OH excluding ortho intramolecular Hbond substituents is 1. The summed E-state index contributed by atoms with van der Waals surface area (Å²) in [5.41, 5.74) is 1.28. The Hall–Kier alpha value is -1.23. The average molecular weight is 539 g/mol. The van der Waals surface area contributed by atoms with Crippen LogP contribution in [0, 0.1) is 7.14 Å². The second kappa shape index (κ2) is 8.04. The monoisotopic (exact) mass is 539 g/mol. The fourth-order valence-corrected chi connectivity index (χ4v) is 3.86. The number of hydrogen-bond donors (Lipinski definition) is 1.